The average Bonchev–Trinajstić information content (AvgIpc) is 3.11. The van der Waals surface area contributed by atoms with Crippen LogP contribution in [0.5, 0.6) is 0 Å². The quantitative estimate of drug-likeness (QED) is 0.598. The molecule has 0 aliphatic rings. The number of benzene rings is 2. The Morgan fingerprint density at radius 2 is 1.78 bits per heavy atom. The Kier molecular flexibility index (Phi) is 6.42. The third kappa shape index (κ3) is 5.30. The second-order valence-corrected chi connectivity index (χ2v) is 7.01. The van der Waals surface area contributed by atoms with Gasteiger partial charge in [0.2, 0.25) is 0 Å². The molecule has 0 amide bonds. The Hall–Kier alpha value is -2.88. The Bertz CT molecular complexity index is 871. The molecular weight excluding hydrogens is 336 g/mol. The van der Waals surface area contributed by atoms with Crippen molar-refractivity contribution in [1.82, 2.24) is 9.78 Å². The van der Waals surface area contributed by atoms with Gasteiger partial charge in [0.05, 0.1) is 12.1 Å². The third-order valence-electron chi connectivity index (χ3n) is 5.01. The van der Waals surface area contributed by atoms with Gasteiger partial charge in [-0.3, -0.25) is 9.48 Å². The molecule has 1 atom stereocenters. The summed E-state index contributed by atoms with van der Waals surface area (Å²) in [5, 5.41) is 13.9. The van der Waals surface area contributed by atoms with E-state index in [1.54, 1.807) is 4.68 Å². The van der Waals surface area contributed by atoms with E-state index in [0.29, 0.717) is 12.8 Å². The van der Waals surface area contributed by atoms with Crippen LogP contribution < -0.4 is 0 Å². The van der Waals surface area contributed by atoms with Gasteiger partial charge in [0.1, 0.15) is 0 Å². The topological polar surface area (TPSA) is 55.1 Å². The highest BCUT2D eigenvalue weighted by molar-refractivity contribution is 5.70. The maximum Gasteiger partial charge on any atom is 0.306 e. The molecule has 4 nitrogen and oxygen atoms in total. The summed E-state index contributed by atoms with van der Waals surface area (Å²) < 4.78 is 1.79. The van der Waals surface area contributed by atoms with E-state index in [1.165, 1.54) is 11.1 Å². The van der Waals surface area contributed by atoms with Gasteiger partial charge in [-0.1, -0.05) is 54.6 Å². The van der Waals surface area contributed by atoms with Crippen LogP contribution in [0.25, 0.3) is 11.1 Å². The van der Waals surface area contributed by atoms with Gasteiger partial charge in [0.15, 0.2) is 0 Å². The van der Waals surface area contributed by atoms with Crippen LogP contribution in [-0.4, -0.2) is 20.9 Å². The molecule has 1 aromatic heterocycles. The molecule has 0 saturated heterocycles. The average molecular weight is 362 g/mol. The van der Waals surface area contributed by atoms with Crippen molar-refractivity contribution in [3.05, 3.63) is 78.1 Å². The molecule has 3 rings (SSSR count). The van der Waals surface area contributed by atoms with E-state index < -0.39 is 5.97 Å². The molecule has 0 saturated carbocycles. The van der Waals surface area contributed by atoms with Gasteiger partial charge < -0.3 is 5.11 Å². The van der Waals surface area contributed by atoms with Crippen LogP contribution in [0, 0.1) is 5.92 Å². The van der Waals surface area contributed by atoms with Crippen molar-refractivity contribution in [3.8, 4) is 11.1 Å². The van der Waals surface area contributed by atoms with Gasteiger partial charge in [0, 0.05) is 18.8 Å². The number of hydrogen-bond acceptors (Lipinski definition) is 2. The SMILES string of the molecule is Cn1cc(-c2ccccc2CCC(CCCc2ccccc2)C(=O)O)cn1. The predicted octanol–water partition coefficient (Wildman–Crippen LogP) is 4.74. The first kappa shape index (κ1) is 18.9. The summed E-state index contributed by atoms with van der Waals surface area (Å²) >= 11 is 0. The number of aryl methyl sites for hydroxylation is 3. The smallest absolute Gasteiger partial charge is 0.306 e. The maximum atomic E-state index is 11.7. The second kappa shape index (κ2) is 9.17. The van der Waals surface area contributed by atoms with Crippen molar-refractivity contribution < 1.29 is 9.90 Å². The van der Waals surface area contributed by atoms with Crippen LogP contribution in [0.15, 0.2) is 67.0 Å². The van der Waals surface area contributed by atoms with Crippen LogP contribution in [-0.2, 0) is 24.7 Å². The number of carbonyl (C=O) groups is 1. The minimum Gasteiger partial charge on any atom is -0.481 e. The molecule has 0 fully saturated rings. The lowest BCUT2D eigenvalue weighted by Crippen LogP contribution is -2.15. The molecule has 2 aromatic carbocycles. The van der Waals surface area contributed by atoms with Crippen LogP contribution in [0.1, 0.15) is 30.4 Å². The summed E-state index contributed by atoms with van der Waals surface area (Å²) in [7, 11) is 1.90. The third-order valence-corrected chi connectivity index (χ3v) is 5.01. The molecule has 1 N–H and O–H groups in total. The van der Waals surface area contributed by atoms with E-state index in [2.05, 4.69) is 29.4 Å². The van der Waals surface area contributed by atoms with Gasteiger partial charge in [0.25, 0.3) is 0 Å². The highest BCUT2D eigenvalue weighted by Gasteiger charge is 2.18. The first-order valence-corrected chi connectivity index (χ1v) is 9.47. The summed E-state index contributed by atoms with van der Waals surface area (Å²) in [4.78, 5) is 11.7. The van der Waals surface area contributed by atoms with Gasteiger partial charge >= 0.3 is 5.97 Å². The Morgan fingerprint density at radius 3 is 2.48 bits per heavy atom. The van der Waals surface area contributed by atoms with Crippen LogP contribution in [0.4, 0.5) is 0 Å². The van der Waals surface area contributed by atoms with Crippen molar-refractivity contribution in [2.24, 2.45) is 13.0 Å². The first-order chi connectivity index (χ1) is 13.1. The zero-order valence-corrected chi connectivity index (χ0v) is 15.7. The van der Waals surface area contributed by atoms with E-state index in [1.807, 2.05) is 49.8 Å². The summed E-state index contributed by atoms with van der Waals surface area (Å²) in [6.45, 7) is 0. The van der Waals surface area contributed by atoms with Crippen LogP contribution in [0.2, 0.25) is 0 Å². The molecule has 4 heteroatoms. The Balaban J connectivity index is 1.60. The van der Waals surface area contributed by atoms with E-state index >= 15 is 0 Å². The molecule has 3 aromatic rings. The minimum absolute atomic E-state index is 0.310. The largest absolute Gasteiger partial charge is 0.481 e. The van der Waals surface area contributed by atoms with E-state index in [9.17, 15) is 9.90 Å². The Morgan fingerprint density at radius 1 is 1.04 bits per heavy atom. The fourth-order valence-electron chi connectivity index (χ4n) is 3.50. The number of carboxylic acids is 1. The molecule has 0 spiro atoms. The zero-order chi connectivity index (χ0) is 19.1. The van der Waals surface area contributed by atoms with Crippen molar-refractivity contribution in [2.45, 2.75) is 32.1 Å². The van der Waals surface area contributed by atoms with Crippen LogP contribution in [0.3, 0.4) is 0 Å². The highest BCUT2D eigenvalue weighted by atomic mass is 16.4. The molecule has 140 valence electrons. The fraction of sp³-hybridized carbons (Fsp3) is 0.304. The number of aliphatic carboxylic acids is 1. The number of aromatic nitrogens is 2. The summed E-state index contributed by atoms with van der Waals surface area (Å²) in [5.74, 6) is -1.00. The molecule has 1 unspecified atom stereocenters. The molecular formula is C23H26N2O2. The number of nitrogens with zero attached hydrogens (tertiary/aromatic N) is 2. The van der Waals surface area contributed by atoms with Crippen molar-refractivity contribution in [1.29, 1.82) is 0 Å². The molecule has 27 heavy (non-hydrogen) atoms. The van der Waals surface area contributed by atoms with Gasteiger partial charge in [-0.15, -0.1) is 0 Å². The number of carboxylic acid groups (broad SMARTS) is 1. The monoisotopic (exact) mass is 362 g/mol. The van der Waals surface area contributed by atoms with Crippen molar-refractivity contribution in [2.75, 3.05) is 0 Å². The fourth-order valence-corrected chi connectivity index (χ4v) is 3.50. The van der Waals surface area contributed by atoms with E-state index in [0.717, 1.165) is 30.4 Å². The summed E-state index contributed by atoms with van der Waals surface area (Å²) in [6, 6.07) is 18.4. The van der Waals surface area contributed by atoms with Crippen molar-refractivity contribution >= 4 is 5.97 Å². The number of rotatable bonds is 9. The molecule has 0 radical (unpaired) electrons. The van der Waals surface area contributed by atoms with Crippen molar-refractivity contribution in [3.63, 3.8) is 0 Å². The summed E-state index contributed by atoms with van der Waals surface area (Å²) in [6.07, 6.45) is 7.79. The highest BCUT2D eigenvalue weighted by Crippen LogP contribution is 2.26. The van der Waals surface area contributed by atoms with E-state index in [4.69, 9.17) is 0 Å². The van der Waals surface area contributed by atoms with E-state index in [-0.39, 0.29) is 5.92 Å². The van der Waals surface area contributed by atoms with Gasteiger partial charge in [-0.2, -0.15) is 5.10 Å². The second-order valence-electron chi connectivity index (χ2n) is 7.01. The molecule has 0 aliphatic heterocycles. The lowest BCUT2D eigenvalue weighted by atomic mass is 9.91. The zero-order valence-electron chi connectivity index (χ0n) is 15.7. The predicted molar refractivity (Wildman–Crippen MR) is 107 cm³/mol. The normalized spacial score (nSPS) is 12.0. The first-order valence-electron chi connectivity index (χ1n) is 9.47. The lowest BCUT2D eigenvalue weighted by molar-refractivity contribution is -0.142. The van der Waals surface area contributed by atoms with Gasteiger partial charge in [-0.25, -0.2) is 0 Å². The lowest BCUT2D eigenvalue weighted by Gasteiger charge is -2.14. The maximum absolute atomic E-state index is 11.7. The molecule has 1 heterocycles. The van der Waals surface area contributed by atoms with Crippen LogP contribution >= 0.6 is 0 Å². The molecule has 0 aliphatic carbocycles. The summed E-state index contributed by atoms with van der Waals surface area (Å²) in [5.41, 5.74) is 4.66. The molecule has 0 bridgehead atoms. The standard InChI is InChI=1S/C23H26N2O2/c1-25-17-21(16-24-25)22-13-6-5-11-19(22)14-15-20(23(26)27)12-7-10-18-8-3-2-4-9-18/h2-6,8-9,11,13,16-17,20H,7,10,12,14-15H2,1H3,(H,26,27). The number of hydrogen-bond donors (Lipinski definition) is 1. The minimum atomic E-state index is -0.693. The van der Waals surface area contributed by atoms with Gasteiger partial charge in [-0.05, 0) is 48.8 Å². The Labute approximate surface area is 160 Å².